The summed E-state index contributed by atoms with van der Waals surface area (Å²) in [6, 6.07) is 15.4. The second-order valence-corrected chi connectivity index (χ2v) is 6.74. The van der Waals surface area contributed by atoms with Crippen molar-refractivity contribution in [1.82, 2.24) is 10.2 Å². The van der Waals surface area contributed by atoms with Gasteiger partial charge in [-0.1, -0.05) is 35.9 Å². The SMILES string of the molecule is C=CCNC(=O)c1ccc(N2CCCN(Cc3cccc(C)c3)C2=O)cc1. The lowest BCUT2D eigenvalue weighted by atomic mass is 10.1. The number of hydrogen-bond acceptors (Lipinski definition) is 2. The third kappa shape index (κ3) is 4.56. The normalized spacial score (nSPS) is 14.2. The predicted octanol–water partition coefficient (Wildman–Crippen LogP) is 3.74. The zero-order valence-electron chi connectivity index (χ0n) is 15.6. The van der Waals surface area contributed by atoms with Crippen LogP contribution in [0.5, 0.6) is 0 Å². The van der Waals surface area contributed by atoms with Crippen LogP contribution in [0.1, 0.15) is 27.9 Å². The first-order valence-electron chi connectivity index (χ1n) is 9.19. The van der Waals surface area contributed by atoms with Crippen LogP contribution in [0.4, 0.5) is 10.5 Å². The van der Waals surface area contributed by atoms with Crippen molar-refractivity contribution in [3.63, 3.8) is 0 Å². The van der Waals surface area contributed by atoms with Crippen molar-refractivity contribution < 1.29 is 9.59 Å². The molecule has 0 aromatic heterocycles. The lowest BCUT2D eigenvalue weighted by Crippen LogP contribution is -2.49. The highest BCUT2D eigenvalue weighted by Gasteiger charge is 2.26. The molecule has 0 saturated carbocycles. The van der Waals surface area contributed by atoms with Gasteiger partial charge >= 0.3 is 6.03 Å². The van der Waals surface area contributed by atoms with Gasteiger partial charge in [0, 0.05) is 37.4 Å². The van der Waals surface area contributed by atoms with E-state index in [-0.39, 0.29) is 11.9 Å². The number of hydrogen-bond donors (Lipinski definition) is 1. The fourth-order valence-corrected chi connectivity index (χ4v) is 3.26. The van der Waals surface area contributed by atoms with Gasteiger partial charge in [-0.15, -0.1) is 6.58 Å². The number of nitrogens with one attached hydrogen (secondary N) is 1. The molecule has 1 aliphatic rings. The molecule has 0 spiro atoms. The van der Waals surface area contributed by atoms with Crippen LogP contribution in [-0.4, -0.2) is 36.5 Å². The van der Waals surface area contributed by atoms with E-state index in [4.69, 9.17) is 0 Å². The first-order chi connectivity index (χ1) is 13.1. The van der Waals surface area contributed by atoms with Crippen molar-refractivity contribution in [1.29, 1.82) is 0 Å². The zero-order valence-corrected chi connectivity index (χ0v) is 15.6. The van der Waals surface area contributed by atoms with Gasteiger partial charge < -0.3 is 10.2 Å². The van der Waals surface area contributed by atoms with Crippen LogP contribution in [0, 0.1) is 6.92 Å². The van der Waals surface area contributed by atoms with Crippen LogP contribution in [0.15, 0.2) is 61.2 Å². The Kier molecular flexibility index (Phi) is 5.91. The molecule has 0 aliphatic carbocycles. The summed E-state index contributed by atoms with van der Waals surface area (Å²) in [5, 5.41) is 2.75. The number of rotatable bonds is 6. The molecule has 3 amide bonds. The fraction of sp³-hybridized carbons (Fsp3) is 0.273. The Morgan fingerprint density at radius 3 is 2.67 bits per heavy atom. The second kappa shape index (κ2) is 8.54. The number of anilines is 1. The van der Waals surface area contributed by atoms with E-state index < -0.39 is 0 Å². The summed E-state index contributed by atoms with van der Waals surface area (Å²) in [5.74, 6) is -0.146. The van der Waals surface area contributed by atoms with Crippen LogP contribution in [0.25, 0.3) is 0 Å². The summed E-state index contributed by atoms with van der Waals surface area (Å²) in [7, 11) is 0. The molecule has 3 rings (SSSR count). The molecule has 0 unspecified atom stereocenters. The van der Waals surface area contributed by atoms with Crippen LogP contribution < -0.4 is 10.2 Å². The predicted molar refractivity (Wildman–Crippen MR) is 108 cm³/mol. The van der Waals surface area contributed by atoms with Gasteiger partial charge in [-0.3, -0.25) is 9.69 Å². The van der Waals surface area contributed by atoms with Crippen LogP contribution in [0.2, 0.25) is 0 Å². The van der Waals surface area contributed by atoms with Gasteiger partial charge in [-0.25, -0.2) is 4.79 Å². The Labute approximate surface area is 160 Å². The number of benzene rings is 2. The standard InChI is InChI=1S/C22H25N3O2/c1-3-12-23-21(26)19-8-10-20(11-9-19)25-14-5-13-24(22(25)27)16-18-7-4-6-17(2)15-18/h3-4,6-11,15H,1,5,12-14,16H2,2H3,(H,23,26). The Bertz CT molecular complexity index is 830. The molecule has 140 valence electrons. The topological polar surface area (TPSA) is 52.7 Å². The molecule has 1 N–H and O–H groups in total. The summed E-state index contributed by atoms with van der Waals surface area (Å²) < 4.78 is 0. The average molecular weight is 363 g/mol. The van der Waals surface area contributed by atoms with Crippen molar-refractivity contribution in [2.24, 2.45) is 0 Å². The van der Waals surface area contributed by atoms with Gasteiger partial charge in [0.1, 0.15) is 0 Å². The summed E-state index contributed by atoms with van der Waals surface area (Å²) in [6.07, 6.45) is 2.56. The third-order valence-electron chi connectivity index (χ3n) is 4.62. The minimum Gasteiger partial charge on any atom is -0.349 e. The Hall–Kier alpha value is -3.08. The van der Waals surface area contributed by atoms with Crippen molar-refractivity contribution in [2.75, 3.05) is 24.5 Å². The van der Waals surface area contributed by atoms with Crippen molar-refractivity contribution >= 4 is 17.6 Å². The van der Waals surface area contributed by atoms with Gasteiger partial charge in [0.15, 0.2) is 0 Å². The smallest absolute Gasteiger partial charge is 0.324 e. The average Bonchev–Trinajstić information content (AvgIpc) is 2.68. The van der Waals surface area contributed by atoms with E-state index in [2.05, 4.69) is 37.0 Å². The minimum absolute atomic E-state index is 0.00613. The Morgan fingerprint density at radius 2 is 1.96 bits per heavy atom. The van der Waals surface area contributed by atoms with E-state index in [9.17, 15) is 9.59 Å². The van der Waals surface area contributed by atoms with Gasteiger partial charge in [-0.05, 0) is 43.2 Å². The second-order valence-electron chi connectivity index (χ2n) is 6.74. The molecule has 0 bridgehead atoms. The van der Waals surface area contributed by atoms with Crippen LogP contribution in [0.3, 0.4) is 0 Å². The number of aryl methyl sites for hydroxylation is 1. The Balaban J connectivity index is 1.70. The van der Waals surface area contributed by atoms with E-state index in [0.717, 1.165) is 24.2 Å². The number of urea groups is 1. The zero-order chi connectivity index (χ0) is 19.2. The van der Waals surface area contributed by atoms with Crippen molar-refractivity contribution in [3.05, 3.63) is 77.9 Å². The highest BCUT2D eigenvalue weighted by molar-refractivity contribution is 5.96. The maximum absolute atomic E-state index is 12.9. The molecular formula is C22H25N3O2. The number of nitrogens with zero attached hydrogens (tertiary/aromatic N) is 2. The Morgan fingerprint density at radius 1 is 1.19 bits per heavy atom. The largest absolute Gasteiger partial charge is 0.349 e. The van der Waals surface area contributed by atoms with E-state index in [1.165, 1.54) is 5.56 Å². The molecule has 1 fully saturated rings. The highest BCUT2D eigenvalue weighted by Crippen LogP contribution is 2.22. The molecule has 0 atom stereocenters. The molecule has 5 nitrogen and oxygen atoms in total. The lowest BCUT2D eigenvalue weighted by Gasteiger charge is -2.35. The molecular weight excluding hydrogens is 338 g/mol. The molecule has 1 heterocycles. The molecule has 0 radical (unpaired) electrons. The molecule has 2 aromatic carbocycles. The van der Waals surface area contributed by atoms with Gasteiger partial charge in [0.25, 0.3) is 5.91 Å². The number of carbonyl (C=O) groups is 2. The van der Waals surface area contributed by atoms with E-state index in [1.54, 1.807) is 23.1 Å². The molecule has 1 saturated heterocycles. The maximum atomic E-state index is 12.9. The van der Waals surface area contributed by atoms with Gasteiger partial charge in [0.05, 0.1) is 0 Å². The third-order valence-corrected chi connectivity index (χ3v) is 4.62. The number of amides is 3. The summed E-state index contributed by atoms with van der Waals surface area (Å²) in [5.41, 5.74) is 3.72. The van der Waals surface area contributed by atoms with Crippen molar-refractivity contribution in [2.45, 2.75) is 19.9 Å². The quantitative estimate of drug-likeness (QED) is 0.795. The maximum Gasteiger partial charge on any atom is 0.324 e. The summed E-state index contributed by atoms with van der Waals surface area (Å²) >= 11 is 0. The van der Waals surface area contributed by atoms with Gasteiger partial charge in [-0.2, -0.15) is 0 Å². The van der Waals surface area contributed by atoms with E-state index >= 15 is 0 Å². The van der Waals surface area contributed by atoms with Crippen molar-refractivity contribution in [3.8, 4) is 0 Å². The van der Waals surface area contributed by atoms with Crippen LogP contribution in [-0.2, 0) is 6.54 Å². The molecule has 27 heavy (non-hydrogen) atoms. The molecule has 2 aromatic rings. The van der Waals surface area contributed by atoms with Gasteiger partial charge in [0.2, 0.25) is 0 Å². The monoisotopic (exact) mass is 363 g/mol. The first kappa shape index (κ1) is 18.7. The minimum atomic E-state index is -0.146. The summed E-state index contributed by atoms with van der Waals surface area (Å²) in [6.45, 7) is 8.13. The molecule has 5 heteroatoms. The highest BCUT2D eigenvalue weighted by atomic mass is 16.2. The molecule has 1 aliphatic heterocycles. The lowest BCUT2D eigenvalue weighted by molar-refractivity contribution is 0.0958. The fourth-order valence-electron chi connectivity index (χ4n) is 3.26. The van der Waals surface area contributed by atoms with Crippen LogP contribution >= 0.6 is 0 Å². The van der Waals surface area contributed by atoms with E-state index in [1.807, 2.05) is 23.1 Å². The summed E-state index contributed by atoms with van der Waals surface area (Å²) in [4.78, 5) is 28.6. The first-order valence-corrected chi connectivity index (χ1v) is 9.19. The van der Waals surface area contributed by atoms with E-state index in [0.29, 0.717) is 25.2 Å². The number of carbonyl (C=O) groups excluding carboxylic acids is 2.